The first-order valence-electron chi connectivity index (χ1n) is 6.34. The second-order valence-electron chi connectivity index (χ2n) is 5.11. The first-order chi connectivity index (χ1) is 8.82. The van der Waals surface area contributed by atoms with Gasteiger partial charge in [0.15, 0.2) is 0 Å². The van der Waals surface area contributed by atoms with Crippen LogP contribution in [-0.4, -0.2) is 5.11 Å². The van der Waals surface area contributed by atoms with Gasteiger partial charge in [-0.05, 0) is 62.9 Å². The van der Waals surface area contributed by atoms with Crippen LogP contribution in [-0.2, 0) is 0 Å². The van der Waals surface area contributed by atoms with E-state index in [1.807, 2.05) is 46.8 Å². The average molecular weight is 323 g/mol. The molecule has 1 aromatic carbocycles. The fourth-order valence-corrected chi connectivity index (χ4v) is 2.92. The maximum atomic E-state index is 10.7. The van der Waals surface area contributed by atoms with E-state index in [0.29, 0.717) is 0 Å². The van der Waals surface area contributed by atoms with E-state index >= 15 is 0 Å². The fraction of sp³-hybridized carbons (Fsp3) is 0.375. The topological polar surface area (TPSA) is 33.4 Å². The largest absolute Gasteiger partial charge is 0.466 e. The smallest absolute Gasteiger partial charge is 0.108 e. The molecule has 0 aliphatic heterocycles. The van der Waals surface area contributed by atoms with Crippen LogP contribution in [0.3, 0.4) is 0 Å². The van der Waals surface area contributed by atoms with Crippen molar-refractivity contribution in [2.24, 2.45) is 0 Å². The number of hydrogen-bond acceptors (Lipinski definition) is 2. The van der Waals surface area contributed by atoms with Crippen molar-refractivity contribution in [3.05, 3.63) is 55.9 Å². The lowest BCUT2D eigenvalue weighted by molar-refractivity contribution is 0.216. The summed E-state index contributed by atoms with van der Waals surface area (Å²) < 4.78 is 6.68. The molecule has 0 fully saturated rings. The highest BCUT2D eigenvalue weighted by Crippen LogP contribution is 2.34. The Bertz CT molecular complexity index is 626. The molecule has 0 saturated heterocycles. The lowest BCUT2D eigenvalue weighted by atomic mass is 9.93. The third kappa shape index (κ3) is 2.49. The van der Waals surface area contributed by atoms with Gasteiger partial charge < -0.3 is 9.52 Å². The lowest BCUT2D eigenvalue weighted by Gasteiger charge is -2.16. The fourth-order valence-electron chi connectivity index (χ4n) is 2.47. The van der Waals surface area contributed by atoms with Crippen molar-refractivity contribution in [2.45, 2.75) is 40.7 Å². The molecule has 0 bridgehead atoms. The molecule has 1 N–H and O–H groups in total. The van der Waals surface area contributed by atoms with Crippen LogP contribution in [0.5, 0.6) is 0 Å². The quantitative estimate of drug-likeness (QED) is 0.871. The summed E-state index contributed by atoms with van der Waals surface area (Å²) in [5.74, 6) is 1.67. The number of aliphatic hydroxyl groups is 1. The van der Waals surface area contributed by atoms with Crippen LogP contribution in [0.4, 0.5) is 0 Å². The summed E-state index contributed by atoms with van der Waals surface area (Å²) in [6.07, 6.45) is -0.635. The first-order valence-corrected chi connectivity index (χ1v) is 7.13. The molecule has 3 heteroatoms. The van der Waals surface area contributed by atoms with Gasteiger partial charge in [-0.3, -0.25) is 0 Å². The zero-order valence-electron chi connectivity index (χ0n) is 12.0. The molecule has 102 valence electrons. The van der Waals surface area contributed by atoms with Crippen LogP contribution >= 0.6 is 15.9 Å². The molecule has 0 saturated carbocycles. The van der Waals surface area contributed by atoms with Gasteiger partial charge >= 0.3 is 0 Å². The number of aliphatic hydroxyl groups excluding tert-OH is 1. The van der Waals surface area contributed by atoms with E-state index in [1.165, 1.54) is 0 Å². The average Bonchev–Trinajstić information content (AvgIpc) is 2.57. The van der Waals surface area contributed by atoms with Crippen molar-refractivity contribution in [1.82, 2.24) is 0 Å². The third-order valence-electron chi connectivity index (χ3n) is 3.73. The summed E-state index contributed by atoms with van der Waals surface area (Å²) in [7, 11) is 0. The van der Waals surface area contributed by atoms with E-state index in [2.05, 4.69) is 15.9 Å². The SMILES string of the molecule is Cc1cc(C(O)c2c(C)oc(C)c2C)c(C)cc1Br. The van der Waals surface area contributed by atoms with Gasteiger partial charge in [0, 0.05) is 10.0 Å². The van der Waals surface area contributed by atoms with Crippen LogP contribution in [0.1, 0.15) is 45.4 Å². The number of benzene rings is 1. The summed E-state index contributed by atoms with van der Waals surface area (Å²) in [6.45, 7) is 9.86. The number of hydrogen-bond donors (Lipinski definition) is 1. The molecule has 1 aromatic heterocycles. The predicted octanol–water partition coefficient (Wildman–Crippen LogP) is 4.67. The summed E-state index contributed by atoms with van der Waals surface area (Å²) in [5.41, 5.74) is 5.05. The van der Waals surface area contributed by atoms with E-state index in [0.717, 1.165) is 43.8 Å². The number of halogens is 1. The van der Waals surface area contributed by atoms with Gasteiger partial charge in [0.1, 0.15) is 17.6 Å². The molecule has 2 aromatic rings. The van der Waals surface area contributed by atoms with Crippen molar-refractivity contribution in [3.63, 3.8) is 0 Å². The van der Waals surface area contributed by atoms with Crippen molar-refractivity contribution in [1.29, 1.82) is 0 Å². The monoisotopic (exact) mass is 322 g/mol. The molecule has 1 atom stereocenters. The van der Waals surface area contributed by atoms with Crippen LogP contribution in [0.15, 0.2) is 21.0 Å². The van der Waals surface area contributed by atoms with Crippen LogP contribution in [0, 0.1) is 34.6 Å². The van der Waals surface area contributed by atoms with Gasteiger partial charge in [0.25, 0.3) is 0 Å². The maximum Gasteiger partial charge on any atom is 0.108 e. The second kappa shape index (κ2) is 5.14. The zero-order valence-corrected chi connectivity index (χ0v) is 13.6. The maximum absolute atomic E-state index is 10.7. The van der Waals surface area contributed by atoms with E-state index in [4.69, 9.17) is 4.42 Å². The minimum Gasteiger partial charge on any atom is -0.466 e. The Labute approximate surface area is 122 Å². The van der Waals surface area contributed by atoms with E-state index in [1.54, 1.807) is 0 Å². The van der Waals surface area contributed by atoms with Crippen molar-refractivity contribution in [3.8, 4) is 0 Å². The second-order valence-corrected chi connectivity index (χ2v) is 5.97. The minimum absolute atomic E-state index is 0.635. The van der Waals surface area contributed by atoms with Gasteiger partial charge in [-0.1, -0.05) is 22.0 Å². The van der Waals surface area contributed by atoms with Gasteiger partial charge in [-0.25, -0.2) is 0 Å². The molecule has 0 spiro atoms. The molecular formula is C16H19BrO2. The Morgan fingerprint density at radius 3 is 2.16 bits per heavy atom. The highest BCUT2D eigenvalue weighted by atomic mass is 79.9. The third-order valence-corrected chi connectivity index (χ3v) is 4.59. The van der Waals surface area contributed by atoms with Gasteiger partial charge in [-0.15, -0.1) is 0 Å². The Hall–Kier alpha value is -1.06. The molecule has 0 radical (unpaired) electrons. The van der Waals surface area contributed by atoms with Gasteiger partial charge in [0.2, 0.25) is 0 Å². The Kier molecular flexibility index (Phi) is 3.88. The zero-order chi connectivity index (χ0) is 14.3. The molecule has 1 unspecified atom stereocenters. The summed E-state index contributed by atoms with van der Waals surface area (Å²) in [5, 5.41) is 10.7. The van der Waals surface area contributed by atoms with Gasteiger partial charge in [-0.2, -0.15) is 0 Å². The summed E-state index contributed by atoms with van der Waals surface area (Å²) in [6, 6.07) is 4.08. The number of rotatable bonds is 2. The van der Waals surface area contributed by atoms with Crippen molar-refractivity contribution < 1.29 is 9.52 Å². The Morgan fingerprint density at radius 2 is 1.63 bits per heavy atom. The van der Waals surface area contributed by atoms with Crippen LogP contribution < -0.4 is 0 Å². The predicted molar refractivity (Wildman–Crippen MR) is 80.6 cm³/mol. The van der Waals surface area contributed by atoms with Crippen LogP contribution in [0.25, 0.3) is 0 Å². The summed E-state index contributed by atoms with van der Waals surface area (Å²) in [4.78, 5) is 0. The highest BCUT2D eigenvalue weighted by molar-refractivity contribution is 9.10. The molecule has 0 aliphatic rings. The molecule has 0 amide bonds. The minimum atomic E-state index is -0.635. The van der Waals surface area contributed by atoms with E-state index in [9.17, 15) is 5.11 Å². The van der Waals surface area contributed by atoms with Crippen LogP contribution in [0.2, 0.25) is 0 Å². The Balaban J connectivity index is 2.56. The number of furan rings is 1. The number of aryl methyl sites for hydroxylation is 4. The van der Waals surface area contributed by atoms with Gasteiger partial charge in [0.05, 0.1) is 0 Å². The molecule has 2 rings (SSSR count). The summed E-state index contributed by atoms with van der Waals surface area (Å²) >= 11 is 3.52. The molecule has 19 heavy (non-hydrogen) atoms. The molecule has 0 aliphatic carbocycles. The van der Waals surface area contributed by atoms with E-state index < -0.39 is 6.10 Å². The molecule has 1 heterocycles. The van der Waals surface area contributed by atoms with Crippen molar-refractivity contribution in [2.75, 3.05) is 0 Å². The standard InChI is InChI=1S/C16H19BrO2/c1-8-7-14(17)9(2)6-13(8)16(18)15-10(3)11(4)19-12(15)5/h6-7,16,18H,1-5H3. The Morgan fingerprint density at radius 1 is 1.00 bits per heavy atom. The highest BCUT2D eigenvalue weighted by Gasteiger charge is 2.22. The van der Waals surface area contributed by atoms with Crippen molar-refractivity contribution >= 4 is 15.9 Å². The molecular weight excluding hydrogens is 304 g/mol. The van der Waals surface area contributed by atoms with E-state index in [-0.39, 0.29) is 0 Å². The normalized spacial score (nSPS) is 12.8. The molecule has 2 nitrogen and oxygen atoms in total. The lowest BCUT2D eigenvalue weighted by Crippen LogP contribution is -2.05. The first kappa shape index (κ1) is 14.4.